The van der Waals surface area contributed by atoms with Gasteiger partial charge in [-0.25, -0.2) is 15.1 Å². The van der Waals surface area contributed by atoms with Crippen molar-refractivity contribution in [3.63, 3.8) is 0 Å². The van der Waals surface area contributed by atoms with Crippen molar-refractivity contribution in [2.75, 3.05) is 0 Å². The first-order valence-electron chi connectivity index (χ1n) is 8.25. The number of nitrogens with zero attached hydrogens (tertiary/aromatic N) is 5. The number of aryl methyl sites for hydroxylation is 3. The molecule has 3 aromatic rings. The molecular formula is C17H17FN6O2. The molecule has 0 saturated heterocycles. The number of aromatic nitrogens is 4. The molecule has 26 heavy (non-hydrogen) atoms. The number of hydrogen-bond donors (Lipinski definition) is 1. The zero-order valence-corrected chi connectivity index (χ0v) is 14.6. The molecule has 4 rings (SSSR count). The van der Waals surface area contributed by atoms with Gasteiger partial charge in [-0.2, -0.15) is 14.6 Å². The highest BCUT2D eigenvalue weighted by Crippen LogP contribution is 2.40. The van der Waals surface area contributed by atoms with Crippen LogP contribution in [-0.4, -0.2) is 32.0 Å². The second-order valence-corrected chi connectivity index (χ2v) is 6.43. The fourth-order valence-electron chi connectivity index (χ4n) is 2.89. The summed E-state index contributed by atoms with van der Waals surface area (Å²) in [6, 6.07) is 1.75. The average Bonchev–Trinajstić information content (AvgIpc) is 3.36. The normalized spacial score (nSPS) is 14.5. The summed E-state index contributed by atoms with van der Waals surface area (Å²) in [7, 11) is 1.50. The first-order valence-corrected chi connectivity index (χ1v) is 8.25. The molecule has 1 fully saturated rings. The molecule has 1 N–H and O–H groups in total. The van der Waals surface area contributed by atoms with E-state index in [0.29, 0.717) is 34.0 Å². The molecule has 0 bridgehead atoms. The maximum absolute atomic E-state index is 13.9. The summed E-state index contributed by atoms with van der Waals surface area (Å²) in [4.78, 5) is 17.1. The van der Waals surface area contributed by atoms with Crippen LogP contribution in [0.25, 0.3) is 11.1 Å². The molecule has 0 aromatic carbocycles. The molecule has 1 aliphatic carbocycles. The van der Waals surface area contributed by atoms with Crippen molar-refractivity contribution in [2.45, 2.75) is 32.6 Å². The van der Waals surface area contributed by atoms with E-state index >= 15 is 0 Å². The third kappa shape index (κ3) is 2.75. The number of hydrogen-bond acceptors (Lipinski definition) is 6. The van der Waals surface area contributed by atoms with Gasteiger partial charge in [0.25, 0.3) is 11.6 Å². The zero-order valence-electron chi connectivity index (χ0n) is 14.6. The van der Waals surface area contributed by atoms with Gasteiger partial charge in [0.05, 0.1) is 34.1 Å². The second kappa shape index (κ2) is 6.01. The van der Waals surface area contributed by atoms with Gasteiger partial charge in [0.1, 0.15) is 0 Å². The van der Waals surface area contributed by atoms with Crippen LogP contribution >= 0.6 is 0 Å². The lowest BCUT2D eigenvalue weighted by atomic mass is 10.1. The van der Waals surface area contributed by atoms with Crippen molar-refractivity contribution >= 4 is 23.2 Å². The van der Waals surface area contributed by atoms with E-state index in [1.54, 1.807) is 19.9 Å². The fraction of sp³-hybridized carbons (Fsp3) is 0.353. The number of halogens is 1. The molecule has 0 unspecified atom stereocenters. The first kappa shape index (κ1) is 16.4. The van der Waals surface area contributed by atoms with E-state index in [0.717, 1.165) is 23.2 Å². The van der Waals surface area contributed by atoms with E-state index in [1.165, 1.54) is 13.3 Å². The zero-order chi connectivity index (χ0) is 18.4. The molecule has 3 aromatic heterocycles. The number of rotatable bonds is 4. The second-order valence-electron chi connectivity index (χ2n) is 6.43. The van der Waals surface area contributed by atoms with E-state index < -0.39 is 11.9 Å². The molecule has 0 atom stereocenters. The predicted molar refractivity (Wildman–Crippen MR) is 91.5 cm³/mol. The van der Waals surface area contributed by atoms with Gasteiger partial charge in [0, 0.05) is 18.7 Å². The van der Waals surface area contributed by atoms with Crippen LogP contribution < -0.4 is 5.43 Å². The lowest BCUT2D eigenvalue weighted by Crippen LogP contribution is -2.18. The highest BCUT2D eigenvalue weighted by Gasteiger charge is 2.28. The monoisotopic (exact) mass is 356 g/mol. The summed E-state index contributed by atoms with van der Waals surface area (Å²) < 4.78 is 20.3. The van der Waals surface area contributed by atoms with Gasteiger partial charge in [-0.05, 0) is 32.8 Å². The van der Waals surface area contributed by atoms with Gasteiger partial charge in [-0.1, -0.05) is 5.16 Å². The number of pyridine rings is 1. The van der Waals surface area contributed by atoms with Gasteiger partial charge >= 0.3 is 0 Å². The number of carbonyl (C=O) groups excluding carboxylic acids is 1. The lowest BCUT2D eigenvalue weighted by molar-refractivity contribution is 0.0956. The number of amides is 1. The molecular weight excluding hydrogens is 339 g/mol. The highest BCUT2D eigenvalue weighted by molar-refractivity contribution is 6.06. The fourth-order valence-corrected chi connectivity index (χ4v) is 2.89. The Balaban J connectivity index is 1.63. The van der Waals surface area contributed by atoms with Crippen LogP contribution in [0, 0.1) is 19.8 Å². The summed E-state index contributed by atoms with van der Waals surface area (Å²) in [6.07, 6.45) is 3.34. The Morgan fingerprint density at radius 1 is 1.42 bits per heavy atom. The molecule has 134 valence electrons. The Morgan fingerprint density at radius 2 is 2.19 bits per heavy atom. The first-order chi connectivity index (χ1) is 12.5. The maximum Gasteiger partial charge on any atom is 0.272 e. The van der Waals surface area contributed by atoms with E-state index in [9.17, 15) is 9.18 Å². The van der Waals surface area contributed by atoms with Crippen molar-refractivity contribution in [3.8, 4) is 0 Å². The van der Waals surface area contributed by atoms with Crippen LogP contribution in [0.5, 0.6) is 0 Å². The minimum atomic E-state index is -0.516. The number of nitrogens with one attached hydrogen (secondary N) is 1. The molecule has 9 heteroatoms. The van der Waals surface area contributed by atoms with Gasteiger partial charge in [0.15, 0.2) is 0 Å². The average molecular weight is 356 g/mol. The summed E-state index contributed by atoms with van der Waals surface area (Å²) in [5.74, 6) is -0.589. The van der Waals surface area contributed by atoms with Crippen LogP contribution in [0.15, 0.2) is 15.7 Å². The van der Waals surface area contributed by atoms with Gasteiger partial charge in [-0.15, -0.1) is 0 Å². The quantitative estimate of drug-likeness (QED) is 0.571. The third-order valence-electron chi connectivity index (χ3n) is 4.43. The molecule has 0 aliphatic heterocycles. The van der Waals surface area contributed by atoms with Crippen LogP contribution in [0.3, 0.4) is 0 Å². The SMILES string of the molecule is Cc1nn(C)c(F)c1C=NNC(=O)c1cc(C2CC2)nc2onc(C)c12. The number of fused-ring (bicyclic) bond motifs is 1. The predicted octanol–water partition coefficient (Wildman–Crippen LogP) is 2.35. The third-order valence-corrected chi connectivity index (χ3v) is 4.43. The Bertz CT molecular complexity index is 1050. The number of hydrazone groups is 1. The maximum atomic E-state index is 13.9. The van der Waals surface area contributed by atoms with Crippen LogP contribution in [0.1, 0.15) is 51.8 Å². The van der Waals surface area contributed by atoms with Crippen LogP contribution in [0.2, 0.25) is 0 Å². The molecule has 1 amide bonds. The Labute approximate surface area is 148 Å². The Morgan fingerprint density at radius 3 is 2.85 bits per heavy atom. The van der Waals surface area contributed by atoms with Gasteiger partial charge < -0.3 is 4.52 Å². The van der Waals surface area contributed by atoms with Crippen molar-refractivity contribution in [2.24, 2.45) is 12.1 Å². The standard InChI is InChI=1S/C17H17FN6O2/c1-8-12(15(18)24(3)22-8)7-19-21-16(25)11-6-13(10-4-5-10)20-17-14(11)9(2)23-26-17/h6-7,10H,4-5H2,1-3H3,(H,21,25). The van der Waals surface area contributed by atoms with Crippen LogP contribution in [0.4, 0.5) is 4.39 Å². The summed E-state index contributed by atoms with van der Waals surface area (Å²) in [5.41, 5.74) is 5.29. The smallest absolute Gasteiger partial charge is 0.272 e. The van der Waals surface area contributed by atoms with Gasteiger partial charge in [-0.3, -0.25) is 4.79 Å². The molecule has 0 radical (unpaired) electrons. The van der Waals surface area contributed by atoms with Crippen molar-refractivity contribution in [1.29, 1.82) is 0 Å². The van der Waals surface area contributed by atoms with E-state index in [1.807, 2.05) is 0 Å². The summed E-state index contributed by atoms with van der Waals surface area (Å²) in [6.45, 7) is 3.42. The largest absolute Gasteiger partial charge is 0.336 e. The minimum absolute atomic E-state index is 0.229. The van der Waals surface area contributed by atoms with E-state index in [4.69, 9.17) is 4.52 Å². The molecule has 1 saturated carbocycles. The van der Waals surface area contributed by atoms with E-state index in [2.05, 4.69) is 25.8 Å². The molecule has 8 nitrogen and oxygen atoms in total. The molecule has 0 spiro atoms. The lowest BCUT2D eigenvalue weighted by Gasteiger charge is -2.04. The van der Waals surface area contributed by atoms with Crippen LogP contribution in [-0.2, 0) is 7.05 Å². The Hall–Kier alpha value is -3.10. The van der Waals surface area contributed by atoms with Crippen molar-refractivity contribution in [3.05, 3.63) is 40.2 Å². The molecule has 3 heterocycles. The van der Waals surface area contributed by atoms with Crippen molar-refractivity contribution in [1.82, 2.24) is 25.3 Å². The number of carbonyl (C=O) groups is 1. The summed E-state index contributed by atoms with van der Waals surface area (Å²) in [5, 5.41) is 12.3. The van der Waals surface area contributed by atoms with Gasteiger partial charge in [0.2, 0.25) is 5.95 Å². The Kier molecular flexibility index (Phi) is 3.78. The summed E-state index contributed by atoms with van der Waals surface area (Å²) >= 11 is 0. The minimum Gasteiger partial charge on any atom is -0.336 e. The highest BCUT2D eigenvalue weighted by atomic mass is 19.1. The molecule has 1 aliphatic rings. The van der Waals surface area contributed by atoms with Crippen molar-refractivity contribution < 1.29 is 13.7 Å². The topological polar surface area (TPSA) is 98.2 Å². The van der Waals surface area contributed by atoms with E-state index in [-0.39, 0.29) is 5.56 Å².